The molecule has 2 N–H and O–H groups in total. The lowest BCUT2D eigenvalue weighted by molar-refractivity contribution is 0.407. The van der Waals surface area contributed by atoms with Gasteiger partial charge in [0.1, 0.15) is 5.75 Å². The quantitative estimate of drug-likeness (QED) is 0.846. The predicted molar refractivity (Wildman–Crippen MR) is 77.2 cm³/mol. The highest BCUT2D eigenvalue weighted by atomic mass is 32.2. The maximum atomic E-state index is 6.05. The normalized spacial score (nSPS) is 12.3. The van der Waals surface area contributed by atoms with Crippen molar-refractivity contribution >= 4 is 17.4 Å². The summed E-state index contributed by atoms with van der Waals surface area (Å²) in [6.07, 6.45) is 2.12. The van der Waals surface area contributed by atoms with Crippen LogP contribution < -0.4 is 15.4 Å². The van der Waals surface area contributed by atoms with E-state index in [2.05, 4.69) is 24.3 Å². The molecule has 0 bridgehead atoms. The third-order valence-corrected chi connectivity index (χ3v) is 3.35. The topological polar surface area (TPSA) is 38.5 Å². The van der Waals surface area contributed by atoms with Crippen LogP contribution in [0.3, 0.4) is 0 Å². The largest absolute Gasteiger partial charge is 0.496 e. The first-order valence-corrected chi connectivity index (χ1v) is 7.13. The zero-order chi connectivity index (χ0) is 12.8. The molecule has 1 aromatic carbocycles. The Balaban J connectivity index is 3.05. The molecule has 4 heteroatoms. The van der Waals surface area contributed by atoms with E-state index in [0.29, 0.717) is 0 Å². The molecule has 96 valence electrons. The van der Waals surface area contributed by atoms with Crippen molar-refractivity contribution in [3.8, 4) is 5.75 Å². The van der Waals surface area contributed by atoms with Crippen molar-refractivity contribution in [2.75, 3.05) is 37.6 Å². The van der Waals surface area contributed by atoms with Crippen LogP contribution in [-0.2, 0) is 0 Å². The number of hydrogen-bond donors (Lipinski definition) is 1. The lowest BCUT2D eigenvalue weighted by atomic mass is 10.0. The fourth-order valence-electron chi connectivity index (χ4n) is 1.85. The number of hydrogen-bond acceptors (Lipinski definition) is 4. The molecule has 1 rings (SSSR count). The Kier molecular flexibility index (Phi) is 5.65. The maximum absolute atomic E-state index is 6.05. The summed E-state index contributed by atoms with van der Waals surface area (Å²) in [5, 5.41) is 0. The molecule has 0 saturated heterocycles. The summed E-state index contributed by atoms with van der Waals surface area (Å²) < 4.78 is 5.39. The van der Waals surface area contributed by atoms with E-state index in [4.69, 9.17) is 10.5 Å². The van der Waals surface area contributed by atoms with Crippen LogP contribution in [0.2, 0.25) is 0 Å². The van der Waals surface area contributed by atoms with E-state index in [0.717, 1.165) is 29.3 Å². The molecule has 0 radical (unpaired) electrons. The molecule has 0 amide bonds. The molecular weight excluding hydrogens is 232 g/mol. The maximum Gasteiger partial charge on any atom is 0.125 e. The molecule has 3 nitrogen and oxygen atoms in total. The van der Waals surface area contributed by atoms with Crippen molar-refractivity contribution in [3.05, 3.63) is 23.8 Å². The molecule has 0 fully saturated rings. The van der Waals surface area contributed by atoms with Crippen LogP contribution >= 0.6 is 11.8 Å². The predicted octanol–water partition coefficient (Wildman–Crippen LogP) is 2.51. The highest BCUT2D eigenvalue weighted by Crippen LogP contribution is 2.33. The average molecular weight is 254 g/mol. The van der Waals surface area contributed by atoms with Gasteiger partial charge in [-0.3, -0.25) is 0 Å². The van der Waals surface area contributed by atoms with Gasteiger partial charge in [-0.2, -0.15) is 11.8 Å². The average Bonchev–Trinajstić information content (AvgIpc) is 2.34. The number of rotatable bonds is 6. The molecule has 0 spiro atoms. The van der Waals surface area contributed by atoms with Crippen LogP contribution in [0.15, 0.2) is 18.2 Å². The van der Waals surface area contributed by atoms with Crippen LogP contribution in [0, 0.1) is 0 Å². The van der Waals surface area contributed by atoms with Gasteiger partial charge in [-0.05, 0) is 25.3 Å². The molecule has 0 aromatic heterocycles. The molecule has 0 unspecified atom stereocenters. The van der Waals surface area contributed by atoms with Crippen molar-refractivity contribution < 1.29 is 4.74 Å². The minimum Gasteiger partial charge on any atom is -0.496 e. The Morgan fingerprint density at radius 3 is 2.71 bits per heavy atom. The second-order valence-corrected chi connectivity index (χ2v) is 5.08. The monoisotopic (exact) mass is 254 g/mol. The smallest absolute Gasteiger partial charge is 0.125 e. The summed E-state index contributed by atoms with van der Waals surface area (Å²) in [6.45, 7) is 3.00. The van der Waals surface area contributed by atoms with Crippen molar-refractivity contribution in [2.24, 2.45) is 5.73 Å². The van der Waals surface area contributed by atoms with Crippen LogP contribution in [0.5, 0.6) is 5.75 Å². The fraction of sp³-hybridized carbons (Fsp3) is 0.538. The lowest BCUT2D eigenvalue weighted by Crippen LogP contribution is -2.23. The molecule has 1 aromatic rings. The zero-order valence-corrected chi connectivity index (χ0v) is 11.9. The molecule has 0 heterocycles. The van der Waals surface area contributed by atoms with Gasteiger partial charge < -0.3 is 15.4 Å². The van der Waals surface area contributed by atoms with E-state index in [1.807, 2.05) is 30.8 Å². The number of methoxy groups -OCH3 is 1. The van der Waals surface area contributed by atoms with E-state index in [9.17, 15) is 0 Å². The molecule has 0 saturated carbocycles. The van der Waals surface area contributed by atoms with Gasteiger partial charge in [0.25, 0.3) is 0 Å². The van der Waals surface area contributed by atoms with Crippen molar-refractivity contribution in [1.29, 1.82) is 0 Å². The Morgan fingerprint density at radius 2 is 2.18 bits per heavy atom. The third-order valence-electron chi connectivity index (χ3n) is 2.76. The van der Waals surface area contributed by atoms with Gasteiger partial charge in [0.15, 0.2) is 0 Å². The summed E-state index contributed by atoms with van der Waals surface area (Å²) in [7, 11) is 3.78. The first kappa shape index (κ1) is 14.2. The summed E-state index contributed by atoms with van der Waals surface area (Å²) >= 11 is 1.84. The lowest BCUT2D eigenvalue weighted by Gasteiger charge is -2.25. The van der Waals surface area contributed by atoms with Crippen molar-refractivity contribution in [1.82, 2.24) is 0 Å². The number of benzene rings is 1. The SMILES string of the molecule is COc1cccc(N(C)CCSC)c1[C@@H](C)N. The number of ether oxygens (including phenoxy) is 1. The van der Waals surface area contributed by atoms with Crippen LogP contribution in [0.1, 0.15) is 18.5 Å². The zero-order valence-electron chi connectivity index (χ0n) is 11.1. The minimum atomic E-state index is -0.0297. The molecule has 0 aliphatic carbocycles. The van der Waals surface area contributed by atoms with E-state index in [1.54, 1.807) is 7.11 Å². The second-order valence-electron chi connectivity index (χ2n) is 4.10. The van der Waals surface area contributed by atoms with E-state index in [1.165, 1.54) is 0 Å². The number of nitrogens with two attached hydrogens (primary N) is 1. The van der Waals surface area contributed by atoms with Gasteiger partial charge >= 0.3 is 0 Å². The summed E-state index contributed by atoms with van der Waals surface area (Å²) in [5.74, 6) is 1.97. The Morgan fingerprint density at radius 1 is 1.47 bits per heavy atom. The standard InChI is InChI=1S/C13H22N2OS/c1-10(14)13-11(15(2)8-9-17-4)6-5-7-12(13)16-3/h5-7,10H,8-9,14H2,1-4H3/t10-/m1/s1. The highest BCUT2D eigenvalue weighted by molar-refractivity contribution is 7.98. The van der Waals surface area contributed by atoms with Crippen LogP contribution in [0.4, 0.5) is 5.69 Å². The molecule has 1 atom stereocenters. The van der Waals surface area contributed by atoms with Gasteiger partial charge in [-0.15, -0.1) is 0 Å². The minimum absolute atomic E-state index is 0.0297. The van der Waals surface area contributed by atoms with Crippen LogP contribution in [-0.4, -0.2) is 32.7 Å². The number of anilines is 1. The first-order valence-electron chi connectivity index (χ1n) is 5.74. The van der Waals surface area contributed by atoms with Gasteiger partial charge in [0.05, 0.1) is 7.11 Å². The molecule has 0 aliphatic heterocycles. The summed E-state index contributed by atoms with van der Waals surface area (Å²) in [6, 6.07) is 6.04. The highest BCUT2D eigenvalue weighted by Gasteiger charge is 2.15. The van der Waals surface area contributed by atoms with Crippen molar-refractivity contribution in [3.63, 3.8) is 0 Å². The van der Waals surface area contributed by atoms with Gasteiger partial charge in [-0.1, -0.05) is 6.07 Å². The number of thioether (sulfide) groups is 1. The third kappa shape index (κ3) is 3.54. The first-order chi connectivity index (χ1) is 8.11. The number of nitrogens with zero attached hydrogens (tertiary/aromatic N) is 1. The van der Waals surface area contributed by atoms with Crippen molar-refractivity contribution in [2.45, 2.75) is 13.0 Å². The molecule has 0 aliphatic rings. The van der Waals surface area contributed by atoms with Gasteiger partial charge in [-0.25, -0.2) is 0 Å². The summed E-state index contributed by atoms with van der Waals surface area (Å²) in [5.41, 5.74) is 8.29. The van der Waals surface area contributed by atoms with E-state index in [-0.39, 0.29) is 6.04 Å². The van der Waals surface area contributed by atoms with E-state index >= 15 is 0 Å². The Hall–Kier alpha value is -0.870. The molecular formula is C13H22N2OS. The Labute approximate surface area is 108 Å². The summed E-state index contributed by atoms with van der Waals surface area (Å²) in [4.78, 5) is 2.23. The van der Waals surface area contributed by atoms with Gasteiger partial charge in [0.2, 0.25) is 0 Å². The second kappa shape index (κ2) is 6.77. The van der Waals surface area contributed by atoms with E-state index < -0.39 is 0 Å². The van der Waals surface area contributed by atoms with Crippen LogP contribution in [0.25, 0.3) is 0 Å². The fourth-order valence-corrected chi connectivity index (χ4v) is 2.31. The Bertz CT molecular complexity index is 355. The molecule has 17 heavy (non-hydrogen) atoms. The van der Waals surface area contributed by atoms with Gasteiger partial charge in [0, 0.05) is 36.6 Å².